The summed E-state index contributed by atoms with van der Waals surface area (Å²) >= 11 is 3.46. The van der Waals surface area contributed by atoms with E-state index in [2.05, 4.69) is 15.9 Å². The van der Waals surface area contributed by atoms with E-state index in [0.717, 1.165) is 10.0 Å². The Morgan fingerprint density at radius 2 is 1.59 bits per heavy atom. The third-order valence-electron chi connectivity index (χ3n) is 4.22. The largest absolute Gasteiger partial charge is 0.496 e. The number of fused-ring (bicyclic) bond motifs is 1. The average Bonchev–Trinajstić information content (AvgIpc) is 2.75. The van der Waals surface area contributed by atoms with Gasteiger partial charge in [0.25, 0.3) is 0 Å². The van der Waals surface area contributed by atoms with E-state index in [-0.39, 0.29) is 6.61 Å². The minimum atomic E-state index is -0.497. The summed E-state index contributed by atoms with van der Waals surface area (Å²) in [6.45, 7) is 1.09. The van der Waals surface area contributed by atoms with E-state index < -0.39 is 5.97 Å². The Morgan fingerprint density at radius 1 is 0.966 bits per heavy atom. The molecule has 1 heterocycles. The van der Waals surface area contributed by atoms with Gasteiger partial charge in [0.1, 0.15) is 25.6 Å². The van der Waals surface area contributed by atoms with Crippen molar-refractivity contribution >= 4 is 28.0 Å². The highest BCUT2D eigenvalue weighted by Crippen LogP contribution is 2.36. The van der Waals surface area contributed by atoms with Gasteiger partial charge in [0, 0.05) is 27.7 Å². The lowest BCUT2D eigenvalue weighted by molar-refractivity contribution is -0.138. The number of ether oxygens (including phenoxy) is 6. The fraction of sp³-hybridized carbons (Fsp3) is 0.286. The molecule has 0 saturated carbocycles. The molecule has 0 aliphatic carbocycles. The van der Waals surface area contributed by atoms with E-state index in [1.807, 2.05) is 6.07 Å². The van der Waals surface area contributed by atoms with Crippen molar-refractivity contribution < 1.29 is 33.2 Å². The zero-order valence-corrected chi connectivity index (χ0v) is 17.9. The predicted octanol–water partition coefficient (Wildman–Crippen LogP) is 4.00. The molecule has 0 N–H and O–H groups in total. The molecule has 2 aromatic rings. The molecule has 0 bridgehead atoms. The number of carbonyl (C=O) groups excluding carboxylic acids is 1. The minimum absolute atomic E-state index is 0.0868. The fourth-order valence-corrected chi connectivity index (χ4v) is 3.19. The van der Waals surface area contributed by atoms with Gasteiger partial charge in [-0.1, -0.05) is 15.9 Å². The van der Waals surface area contributed by atoms with Crippen LogP contribution in [0.3, 0.4) is 0 Å². The molecular weight excluding hydrogens is 444 g/mol. The van der Waals surface area contributed by atoms with Crippen LogP contribution in [0.15, 0.2) is 34.8 Å². The maximum atomic E-state index is 12.2. The highest BCUT2D eigenvalue weighted by Gasteiger charge is 2.16. The molecule has 0 radical (unpaired) electrons. The summed E-state index contributed by atoms with van der Waals surface area (Å²) in [5.74, 6) is 2.41. The number of carbonyl (C=O) groups is 1. The minimum Gasteiger partial charge on any atom is -0.496 e. The van der Waals surface area contributed by atoms with E-state index >= 15 is 0 Å². The van der Waals surface area contributed by atoms with Crippen molar-refractivity contribution in [3.8, 4) is 28.7 Å². The number of rotatable bonds is 7. The van der Waals surface area contributed by atoms with Crippen molar-refractivity contribution in [2.45, 2.75) is 6.61 Å². The molecule has 0 aromatic heterocycles. The first-order chi connectivity index (χ1) is 14.0. The number of hydrogen-bond donors (Lipinski definition) is 0. The van der Waals surface area contributed by atoms with E-state index in [9.17, 15) is 4.79 Å². The molecule has 154 valence electrons. The molecule has 0 atom stereocenters. The van der Waals surface area contributed by atoms with Gasteiger partial charge in [0.2, 0.25) is 0 Å². The van der Waals surface area contributed by atoms with Crippen LogP contribution < -0.4 is 23.7 Å². The zero-order chi connectivity index (χ0) is 20.8. The van der Waals surface area contributed by atoms with Crippen molar-refractivity contribution in [3.05, 3.63) is 45.9 Å². The van der Waals surface area contributed by atoms with Gasteiger partial charge in [-0.2, -0.15) is 0 Å². The van der Waals surface area contributed by atoms with Gasteiger partial charge in [-0.05, 0) is 24.3 Å². The average molecular weight is 465 g/mol. The predicted molar refractivity (Wildman–Crippen MR) is 110 cm³/mol. The fourth-order valence-electron chi connectivity index (χ4n) is 2.75. The lowest BCUT2D eigenvalue weighted by atomic mass is 10.1. The molecule has 1 aliphatic rings. The highest BCUT2D eigenvalue weighted by molar-refractivity contribution is 9.10. The summed E-state index contributed by atoms with van der Waals surface area (Å²) in [6.07, 6.45) is 2.93. The molecule has 0 fully saturated rings. The van der Waals surface area contributed by atoms with E-state index in [1.165, 1.54) is 20.3 Å². The smallest absolute Gasteiger partial charge is 0.331 e. The number of halogens is 1. The Morgan fingerprint density at radius 3 is 2.24 bits per heavy atom. The molecule has 29 heavy (non-hydrogen) atoms. The second kappa shape index (κ2) is 9.56. The van der Waals surface area contributed by atoms with Crippen LogP contribution in [0.1, 0.15) is 11.1 Å². The van der Waals surface area contributed by atoms with E-state index in [1.54, 1.807) is 31.4 Å². The normalized spacial score (nSPS) is 12.6. The maximum Gasteiger partial charge on any atom is 0.331 e. The molecule has 0 unspecified atom stereocenters. The lowest BCUT2D eigenvalue weighted by Gasteiger charge is -2.19. The van der Waals surface area contributed by atoms with Gasteiger partial charge in [0.05, 0.1) is 21.3 Å². The zero-order valence-electron chi connectivity index (χ0n) is 16.3. The van der Waals surface area contributed by atoms with Crippen LogP contribution in [-0.4, -0.2) is 40.5 Å². The molecule has 7 nitrogen and oxygen atoms in total. The molecule has 0 amide bonds. The summed E-state index contributed by atoms with van der Waals surface area (Å²) in [6, 6.07) is 7.02. The highest BCUT2D eigenvalue weighted by atomic mass is 79.9. The molecule has 1 aliphatic heterocycles. The summed E-state index contributed by atoms with van der Waals surface area (Å²) in [4.78, 5) is 12.2. The van der Waals surface area contributed by atoms with Crippen LogP contribution in [0.25, 0.3) is 6.08 Å². The van der Waals surface area contributed by atoms with Crippen molar-refractivity contribution in [1.29, 1.82) is 0 Å². The number of esters is 1. The summed E-state index contributed by atoms with van der Waals surface area (Å²) in [7, 11) is 4.62. The van der Waals surface area contributed by atoms with Crippen molar-refractivity contribution in [3.63, 3.8) is 0 Å². The Labute approximate surface area is 177 Å². The van der Waals surface area contributed by atoms with Crippen LogP contribution in [0.2, 0.25) is 0 Å². The number of hydrogen-bond acceptors (Lipinski definition) is 7. The summed E-state index contributed by atoms with van der Waals surface area (Å²) in [5, 5.41) is 0. The Kier molecular flexibility index (Phi) is 6.87. The van der Waals surface area contributed by atoms with Crippen LogP contribution >= 0.6 is 15.9 Å². The quantitative estimate of drug-likeness (QED) is 0.452. The molecule has 3 rings (SSSR count). The molecule has 2 aromatic carbocycles. The van der Waals surface area contributed by atoms with E-state index in [4.69, 9.17) is 28.4 Å². The van der Waals surface area contributed by atoms with Gasteiger partial charge in [-0.15, -0.1) is 0 Å². The SMILES string of the molecule is COc1cc(OC)c(OC)cc1/C=C/C(=O)OCc1cc2c(cc1Br)OCCO2. The van der Waals surface area contributed by atoms with Crippen molar-refractivity contribution in [1.82, 2.24) is 0 Å². The van der Waals surface area contributed by atoms with Crippen LogP contribution in [0.5, 0.6) is 28.7 Å². The first kappa shape index (κ1) is 20.9. The molecule has 0 spiro atoms. The standard InChI is InChI=1S/C21H21BrO7/c1-24-16-11-18(26-3)17(25-2)8-13(16)4-5-21(23)29-12-14-9-19-20(10-15(14)22)28-7-6-27-19/h4-5,8-11H,6-7,12H2,1-3H3/b5-4+. The maximum absolute atomic E-state index is 12.2. The topological polar surface area (TPSA) is 72.5 Å². The monoisotopic (exact) mass is 464 g/mol. The summed E-state index contributed by atoms with van der Waals surface area (Å²) in [5.41, 5.74) is 1.43. The van der Waals surface area contributed by atoms with Crippen molar-refractivity contribution in [2.24, 2.45) is 0 Å². The second-order valence-electron chi connectivity index (χ2n) is 5.98. The first-order valence-electron chi connectivity index (χ1n) is 8.78. The van der Waals surface area contributed by atoms with Crippen LogP contribution in [0, 0.1) is 0 Å². The second-order valence-corrected chi connectivity index (χ2v) is 6.83. The van der Waals surface area contributed by atoms with Crippen LogP contribution in [-0.2, 0) is 16.1 Å². The number of benzene rings is 2. The molecule has 8 heteroatoms. The summed E-state index contributed by atoms with van der Waals surface area (Å²) < 4.78 is 33.1. The third-order valence-corrected chi connectivity index (χ3v) is 4.95. The third kappa shape index (κ3) is 4.95. The Bertz CT molecular complexity index is 924. The lowest BCUT2D eigenvalue weighted by Crippen LogP contribution is -2.15. The van der Waals surface area contributed by atoms with Gasteiger partial charge >= 0.3 is 5.97 Å². The first-order valence-corrected chi connectivity index (χ1v) is 9.58. The number of methoxy groups -OCH3 is 3. The van der Waals surface area contributed by atoms with Crippen molar-refractivity contribution in [2.75, 3.05) is 34.5 Å². The molecule has 0 saturated heterocycles. The van der Waals surface area contributed by atoms with Gasteiger partial charge in [0.15, 0.2) is 23.0 Å². The van der Waals surface area contributed by atoms with Gasteiger partial charge in [-0.3, -0.25) is 0 Å². The van der Waals surface area contributed by atoms with Crippen LogP contribution in [0.4, 0.5) is 0 Å². The van der Waals surface area contributed by atoms with Gasteiger partial charge < -0.3 is 28.4 Å². The van der Waals surface area contributed by atoms with E-state index in [0.29, 0.717) is 47.5 Å². The Hall–Kier alpha value is -2.87. The Balaban J connectivity index is 1.69. The molecular formula is C21H21BrO7. The van der Waals surface area contributed by atoms with Gasteiger partial charge in [-0.25, -0.2) is 4.79 Å².